The van der Waals surface area contributed by atoms with Gasteiger partial charge in [-0.1, -0.05) is 6.58 Å². The van der Waals surface area contributed by atoms with Gasteiger partial charge in [-0.3, -0.25) is 9.78 Å². The molecule has 0 spiro atoms. The number of hydrogen-bond donors (Lipinski definition) is 1. The molecule has 0 amide bonds. The summed E-state index contributed by atoms with van der Waals surface area (Å²) in [5.74, 6) is 2.21. The summed E-state index contributed by atoms with van der Waals surface area (Å²) in [6.07, 6.45) is 7.61. The summed E-state index contributed by atoms with van der Waals surface area (Å²) in [5, 5.41) is 5.23. The predicted molar refractivity (Wildman–Crippen MR) is 132 cm³/mol. The van der Waals surface area contributed by atoms with Crippen molar-refractivity contribution in [2.24, 2.45) is 0 Å². The molecule has 8 heteroatoms. The van der Waals surface area contributed by atoms with Crippen molar-refractivity contribution in [3.05, 3.63) is 62.8 Å². The second-order valence-corrected chi connectivity index (χ2v) is 8.59. The fourth-order valence-electron chi connectivity index (χ4n) is 4.37. The molecule has 0 atom stereocenters. The van der Waals surface area contributed by atoms with Gasteiger partial charge in [0.15, 0.2) is 11.5 Å². The molecule has 182 valence electrons. The molecule has 2 aliphatic rings. The van der Waals surface area contributed by atoms with E-state index in [1.807, 2.05) is 25.1 Å². The van der Waals surface area contributed by atoms with Gasteiger partial charge in [0.1, 0.15) is 19.0 Å². The van der Waals surface area contributed by atoms with Crippen molar-refractivity contribution in [2.45, 2.75) is 38.9 Å². The summed E-state index contributed by atoms with van der Waals surface area (Å²) in [4.78, 5) is 19.5. The maximum atomic E-state index is 12.6. The fourth-order valence-corrected chi connectivity index (χ4v) is 4.37. The number of methoxy groups -OCH3 is 1. The number of rotatable bonds is 8. The molecule has 1 N–H and O–H groups in total. The van der Waals surface area contributed by atoms with E-state index in [-0.39, 0.29) is 5.56 Å². The van der Waals surface area contributed by atoms with Crippen LogP contribution < -0.4 is 30.9 Å². The Balaban J connectivity index is 1.30. The Morgan fingerprint density at radius 3 is 2.74 bits per heavy atom. The largest absolute Gasteiger partial charge is 0.497 e. The number of aromatic nitrogens is 2. The Morgan fingerprint density at radius 2 is 2.00 bits per heavy atom. The van der Waals surface area contributed by atoms with E-state index in [1.54, 1.807) is 30.0 Å². The van der Waals surface area contributed by atoms with Crippen molar-refractivity contribution < 1.29 is 14.2 Å². The maximum Gasteiger partial charge on any atom is 0.251 e. The maximum absolute atomic E-state index is 12.6. The predicted octanol–water partition coefficient (Wildman–Crippen LogP) is 1.01. The third-order valence-electron chi connectivity index (χ3n) is 6.40. The minimum atomic E-state index is -0.0197. The van der Waals surface area contributed by atoms with E-state index in [1.165, 1.54) is 0 Å². The van der Waals surface area contributed by atoms with Crippen LogP contribution in [0, 0.1) is 0 Å². The van der Waals surface area contributed by atoms with Crippen LogP contribution in [0.25, 0.3) is 12.7 Å². The highest BCUT2D eigenvalue weighted by molar-refractivity contribution is 5.41. The van der Waals surface area contributed by atoms with Gasteiger partial charge in [0.05, 0.1) is 24.3 Å². The van der Waals surface area contributed by atoms with Crippen LogP contribution in [-0.2, 0) is 17.8 Å². The SMILES string of the molecule is C=c1ccc(=O)n(CCN2CCC(NCc3cc4c(cn3)OCCO4)CC2)/c1=C/C(=C\C)OC. The average Bonchev–Trinajstić information content (AvgIpc) is 2.87. The molecule has 1 saturated heterocycles. The summed E-state index contributed by atoms with van der Waals surface area (Å²) in [6.45, 7) is 11.3. The molecule has 0 saturated carbocycles. The molecule has 2 aromatic rings. The first-order valence-electron chi connectivity index (χ1n) is 11.9. The molecule has 4 rings (SSSR count). The van der Waals surface area contributed by atoms with Gasteiger partial charge in [-0.25, -0.2) is 0 Å². The van der Waals surface area contributed by atoms with E-state index < -0.39 is 0 Å². The van der Waals surface area contributed by atoms with Crippen LogP contribution in [0.4, 0.5) is 0 Å². The lowest BCUT2D eigenvalue weighted by Crippen LogP contribution is -2.47. The zero-order chi connectivity index (χ0) is 23.9. The monoisotopic (exact) mass is 466 g/mol. The number of nitrogens with one attached hydrogen (secondary N) is 1. The van der Waals surface area contributed by atoms with Crippen molar-refractivity contribution in [3.8, 4) is 11.5 Å². The highest BCUT2D eigenvalue weighted by atomic mass is 16.6. The first-order chi connectivity index (χ1) is 16.6. The molecular weight excluding hydrogens is 432 g/mol. The lowest BCUT2D eigenvalue weighted by Gasteiger charge is -2.32. The Morgan fingerprint density at radius 1 is 1.24 bits per heavy atom. The number of pyridine rings is 2. The highest BCUT2D eigenvalue weighted by Crippen LogP contribution is 2.29. The molecule has 34 heavy (non-hydrogen) atoms. The molecule has 2 aliphatic heterocycles. The molecule has 0 bridgehead atoms. The van der Waals surface area contributed by atoms with E-state index in [0.29, 0.717) is 38.1 Å². The van der Waals surface area contributed by atoms with Gasteiger partial charge in [-0.15, -0.1) is 0 Å². The highest BCUT2D eigenvalue weighted by Gasteiger charge is 2.19. The molecule has 0 radical (unpaired) electrons. The number of nitrogens with zero attached hydrogens (tertiary/aromatic N) is 3. The Labute approximate surface area is 200 Å². The Bertz CT molecular complexity index is 1180. The van der Waals surface area contributed by atoms with Gasteiger partial charge < -0.3 is 29.0 Å². The topological polar surface area (TPSA) is 77.9 Å². The van der Waals surface area contributed by atoms with Gasteiger partial charge in [0.25, 0.3) is 5.56 Å². The second-order valence-electron chi connectivity index (χ2n) is 8.59. The van der Waals surface area contributed by atoms with Crippen molar-refractivity contribution in [1.82, 2.24) is 19.8 Å². The second kappa shape index (κ2) is 11.4. The minimum absolute atomic E-state index is 0.0197. The first kappa shape index (κ1) is 24.0. The quantitative estimate of drug-likeness (QED) is 0.582. The normalized spacial score (nSPS) is 17.7. The summed E-state index contributed by atoms with van der Waals surface area (Å²) in [7, 11) is 1.63. The third kappa shape index (κ3) is 5.87. The van der Waals surface area contributed by atoms with Gasteiger partial charge in [-0.2, -0.15) is 0 Å². The van der Waals surface area contributed by atoms with E-state index in [0.717, 1.165) is 60.2 Å². The van der Waals surface area contributed by atoms with Gasteiger partial charge in [0, 0.05) is 43.9 Å². The summed E-state index contributed by atoms with van der Waals surface area (Å²) >= 11 is 0. The summed E-state index contributed by atoms with van der Waals surface area (Å²) in [6, 6.07) is 5.76. The van der Waals surface area contributed by atoms with E-state index >= 15 is 0 Å². The molecular formula is C26H34N4O4. The van der Waals surface area contributed by atoms with Gasteiger partial charge in [0.2, 0.25) is 0 Å². The van der Waals surface area contributed by atoms with Gasteiger partial charge in [-0.05, 0) is 50.2 Å². The van der Waals surface area contributed by atoms with Gasteiger partial charge >= 0.3 is 0 Å². The van der Waals surface area contributed by atoms with Crippen molar-refractivity contribution in [2.75, 3.05) is 40.0 Å². The number of fused-ring (bicyclic) bond motifs is 1. The van der Waals surface area contributed by atoms with Crippen molar-refractivity contribution >= 4 is 12.7 Å². The fraction of sp³-hybridized carbons (Fsp3) is 0.462. The van der Waals surface area contributed by atoms with E-state index in [4.69, 9.17) is 14.2 Å². The van der Waals surface area contributed by atoms with Crippen LogP contribution in [0.1, 0.15) is 25.5 Å². The standard InChI is InChI=1S/C26H34N4O4/c1-4-22(32-3)16-23-19(2)5-6-26(31)30(23)12-11-29-9-7-20(8-10-29)27-17-21-15-24-25(18-28-21)34-14-13-33-24/h4-6,15-16,18,20,27H,2,7-14,17H2,1,3H3/b22-4+,23-16+. The first-order valence-corrected chi connectivity index (χ1v) is 11.9. The van der Waals surface area contributed by atoms with Crippen LogP contribution in [0.5, 0.6) is 11.5 Å². The van der Waals surface area contributed by atoms with Crippen LogP contribution in [0.3, 0.4) is 0 Å². The molecule has 0 unspecified atom stereocenters. The molecule has 4 heterocycles. The average molecular weight is 467 g/mol. The van der Waals surface area contributed by atoms with Crippen molar-refractivity contribution in [3.63, 3.8) is 0 Å². The molecule has 2 aromatic heterocycles. The smallest absolute Gasteiger partial charge is 0.251 e. The van der Waals surface area contributed by atoms with Crippen LogP contribution in [0.15, 0.2) is 41.0 Å². The lowest BCUT2D eigenvalue weighted by molar-refractivity contribution is 0.170. The van der Waals surface area contributed by atoms with Crippen molar-refractivity contribution in [1.29, 1.82) is 0 Å². The Kier molecular flexibility index (Phi) is 8.03. The summed E-state index contributed by atoms with van der Waals surface area (Å²) < 4.78 is 18.4. The number of likely N-dealkylation sites (tertiary alicyclic amines) is 1. The zero-order valence-electron chi connectivity index (χ0n) is 20.1. The van der Waals surface area contributed by atoms with Crippen LogP contribution >= 0.6 is 0 Å². The van der Waals surface area contributed by atoms with E-state index in [9.17, 15) is 4.79 Å². The lowest BCUT2D eigenvalue weighted by atomic mass is 10.0. The molecule has 0 aromatic carbocycles. The summed E-state index contributed by atoms with van der Waals surface area (Å²) in [5.41, 5.74) is 0.938. The Hall–Kier alpha value is -3.10. The minimum Gasteiger partial charge on any atom is -0.497 e. The number of hydrogen-bond acceptors (Lipinski definition) is 7. The number of allylic oxidation sites excluding steroid dienone is 2. The van der Waals surface area contributed by atoms with Crippen LogP contribution in [0.2, 0.25) is 0 Å². The number of piperidine rings is 1. The molecule has 0 aliphatic carbocycles. The number of ether oxygens (including phenoxy) is 3. The molecule has 1 fully saturated rings. The third-order valence-corrected chi connectivity index (χ3v) is 6.40. The zero-order valence-corrected chi connectivity index (χ0v) is 20.1. The molecule has 8 nitrogen and oxygen atoms in total. The van der Waals surface area contributed by atoms with Crippen LogP contribution in [-0.4, -0.2) is 60.5 Å². The van der Waals surface area contributed by atoms with E-state index in [2.05, 4.69) is 21.8 Å².